The zero-order chi connectivity index (χ0) is 34.8. The van der Waals surface area contributed by atoms with Crippen LogP contribution >= 0.6 is 70.6 Å². The molecule has 1 aliphatic rings. The molecule has 0 aromatic heterocycles. The zero-order valence-electron chi connectivity index (χ0n) is 26.7. The van der Waals surface area contributed by atoms with Gasteiger partial charge in [0.25, 0.3) is 0 Å². The Kier molecular flexibility index (Phi) is 17.8. The zero-order valence-corrected chi connectivity index (χ0v) is 31.6. The van der Waals surface area contributed by atoms with Gasteiger partial charge in [0.2, 0.25) is 0 Å². The van der Waals surface area contributed by atoms with Gasteiger partial charge in [0.05, 0.1) is 0 Å². The van der Waals surface area contributed by atoms with E-state index in [4.69, 9.17) is 19.7 Å². The predicted octanol–water partition coefficient (Wildman–Crippen LogP) is 7.14. The number of rotatable bonds is 20. The highest BCUT2D eigenvalue weighted by molar-refractivity contribution is 8.10. The molecule has 0 saturated carbocycles. The van der Waals surface area contributed by atoms with Crippen molar-refractivity contribution in [2.45, 2.75) is 45.3 Å². The quantitative estimate of drug-likeness (QED) is 0.0805. The van der Waals surface area contributed by atoms with Crippen molar-refractivity contribution in [1.82, 2.24) is 0 Å². The minimum Gasteiger partial charge on any atom is -0.478 e. The number of carboxylic acids is 2. The molecular formula is C34H40O8S6. The molecule has 2 aromatic carbocycles. The maximum atomic E-state index is 12.3. The minimum atomic E-state index is -1.20. The van der Waals surface area contributed by atoms with Crippen molar-refractivity contribution in [3.8, 4) is 0 Å². The highest BCUT2D eigenvalue weighted by atomic mass is 32.2. The molecule has 1 saturated heterocycles. The molecule has 260 valence electrons. The number of carboxylic acid groups (broad SMARTS) is 2. The molecule has 0 bridgehead atoms. The summed E-state index contributed by atoms with van der Waals surface area (Å²) in [6.07, 6.45) is 2.73. The number of ether oxygens (including phenoxy) is 2. The largest absolute Gasteiger partial charge is 0.478 e. The van der Waals surface area contributed by atoms with Crippen LogP contribution in [0.15, 0.2) is 94.8 Å². The van der Waals surface area contributed by atoms with Gasteiger partial charge in [-0.3, -0.25) is 0 Å². The first kappa shape index (κ1) is 40.3. The molecule has 4 atom stereocenters. The maximum Gasteiger partial charge on any atom is 0.331 e. The van der Waals surface area contributed by atoms with Crippen LogP contribution in [0.25, 0.3) is 0 Å². The average Bonchev–Trinajstić information content (AvgIpc) is 3.06. The summed E-state index contributed by atoms with van der Waals surface area (Å²) in [5.41, 5.74) is 0. The molecule has 8 nitrogen and oxygen atoms in total. The number of carbonyl (C=O) groups excluding carboxylic acids is 2. The monoisotopic (exact) mass is 768 g/mol. The average molecular weight is 769 g/mol. The van der Waals surface area contributed by atoms with Gasteiger partial charge in [0.1, 0.15) is 12.2 Å². The summed E-state index contributed by atoms with van der Waals surface area (Å²) in [5.74, 6) is 2.27. The van der Waals surface area contributed by atoms with E-state index in [9.17, 15) is 19.2 Å². The van der Waals surface area contributed by atoms with Crippen LogP contribution in [-0.4, -0.2) is 102 Å². The molecule has 0 spiro atoms. The number of thioether (sulfide) groups is 6. The van der Waals surface area contributed by atoms with Crippen molar-refractivity contribution in [3.05, 3.63) is 85.0 Å². The lowest BCUT2D eigenvalue weighted by molar-refractivity contribution is -0.142. The molecule has 2 N–H and O–H groups in total. The summed E-state index contributed by atoms with van der Waals surface area (Å²) in [6.45, 7) is 4.53. The Morgan fingerprint density at radius 1 is 0.667 bits per heavy atom. The molecule has 0 aliphatic carbocycles. The van der Waals surface area contributed by atoms with E-state index in [-0.39, 0.29) is 21.7 Å². The first-order chi connectivity index (χ1) is 22.9. The molecule has 3 rings (SSSR count). The highest BCUT2D eigenvalue weighted by Gasteiger charge is 2.39. The molecule has 2 aromatic rings. The number of hydrogen-bond donors (Lipinski definition) is 2. The van der Waals surface area contributed by atoms with E-state index in [1.807, 2.05) is 84.2 Å². The third kappa shape index (κ3) is 16.5. The third-order valence-corrected chi connectivity index (χ3v) is 16.0. The SMILES string of the molecule is CC1(CSCC(CSc2ccccc2)OC(=O)/C=C\C(=O)O)CSC(C)(CSCC(CSc2ccccc2)OC(=O)/C=C\C(=O)O)CS1. The lowest BCUT2D eigenvalue weighted by Gasteiger charge is -2.42. The molecule has 0 radical (unpaired) electrons. The highest BCUT2D eigenvalue weighted by Crippen LogP contribution is 2.47. The van der Waals surface area contributed by atoms with Gasteiger partial charge in [-0.2, -0.15) is 47.0 Å². The number of benzene rings is 2. The van der Waals surface area contributed by atoms with Crippen LogP contribution in [0.2, 0.25) is 0 Å². The Balaban J connectivity index is 1.48. The summed E-state index contributed by atoms with van der Waals surface area (Å²) in [7, 11) is 0. The van der Waals surface area contributed by atoms with E-state index in [1.54, 1.807) is 47.0 Å². The van der Waals surface area contributed by atoms with Gasteiger partial charge < -0.3 is 19.7 Å². The van der Waals surface area contributed by atoms with Crippen LogP contribution < -0.4 is 0 Å². The second kappa shape index (κ2) is 21.2. The van der Waals surface area contributed by atoms with Gasteiger partial charge in [0, 0.05) is 89.6 Å². The molecule has 1 aliphatic heterocycles. The van der Waals surface area contributed by atoms with Gasteiger partial charge in [-0.05, 0) is 38.1 Å². The summed E-state index contributed by atoms with van der Waals surface area (Å²) in [4.78, 5) is 48.3. The van der Waals surface area contributed by atoms with Crippen molar-refractivity contribution in [1.29, 1.82) is 0 Å². The smallest absolute Gasteiger partial charge is 0.331 e. The topological polar surface area (TPSA) is 127 Å². The van der Waals surface area contributed by atoms with Crippen molar-refractivity contribution >= 4 is 94.4 Å². The number of aliphatic carboxylic acids is 2. The van der Waals surface area contributed by atoms with Gasteiger partial charge in [0.15, 0.2) is 0 Å². The predicted molar refractivity (Wildman–Crippen MR) is 204 cm³/mol. The fourth-order valence-corrected chi connectivity index (χ4v) is 12.3. The summed E-state index contributed by atoms with van der Waals surface area (Å²) in [5, 5.41) is 17.7. The van der Waals surface area contributed by atoms with E-state index in [1.165, 1.54) is 0 Å². The third-order valence-electron chi connectivity index (χ3n) is 6.52. The van der Waals surface area contributed by atoms with Gasteiger partial charge in [-0.1, -0.05) is 36.4 Å². The van der Waals surface area contributed by atoms with Crippen LogP contribution in [0.3, 0.4) is 0 Å². The van der Waals surface area contributed by atoms with Crippen LogP contribution in [0.4, 0.5) is 0 Å². The second-order valence-electron chi connectivity index (χ2n) is 11.2. The normalized spacial score (nSPS) is 20.7. The lowest BCUT2D eigenvalue weighted by atomic mass is 10.2. The van der Waals surface area contributed by atoms with E-state index >= 15 is 0 Å². The molecular weight excluding hydrogens is 729 g/mol. The van der Waals surface area contributed by atoms with E-state index in [0.29, 0.717) is 23.0 Å². The molecule has 0 amide bonds. The van der Waals surface area contributed by atoms with E-state index in [0.717, 1.165) is 57.1 Å². The van der Waals surface area contributed by atoms with Crippen molar-refractivity contribution < 1.29 is 38.9 Å². The van der Waals surface area contributed by atoms with Crippen LogP contribution in [0.1, 0.15) is 13.8 Å². The van der Waals surface area contributed by atoms with Crippen LogP contribution in [0.5, 0.6) is 0 Å². The number of esters is 2. The van der Waals surface area contributed by atoms with Crippen LogP contribution in [-0.2, 0) is 28.7 Å². The molecule has 48 heavy (non-hydrogen) atoms. The van der Waals surface area contributed by atoms with Gasteiger partial charge >= 0.3 is 23.9 Å². The Bertz CT molecular complexity index is 1280. The second-order valence-corrected chi connectivity index (χ2v) is 18.6. The summed E-state index contributed by atoms with van der Waals surface area (Å²) in [6, 6.07) is 19.7. The summed E-state index contributed by atoms with van der Waals surface area (Å²) < 4.78 is 11.3. The van der Waals surface area contributed by atoms with E-state index in [2.05, 4.69) is 13.8 Å². The number of carbonyl (C=O) groups is 4. The molecule has 1 fully saturated rings. The lowest BCUT2D eigenvalue weighted by Crippen LogP contribution is -2.42. The number of hydrogen-bond acceptors (Lipinski definition) is 12. The Morgan fingerprint density at radius 3 is 1.38 bits per heavy atom. The van der Waals surface area contributed by atoms with E-state index < -0.39 is 23.9 Å². The Hall–Kier alpha value is -2.10. The van der Waals surface area contributed by atoms with Crippen LogP contribution in [0, 0.1) is 0 Å². The fraction of sp³-hybridized carbons (Fsp3) is 0.412. The standard InChI is InChI=1S/C34H40O8S6/c1-33(21-43-17-25(41-31(39)15-13-29(35)36)19-45-27-9-5-3-6-10-27)23-48-34(2,24-47-33)22-44-18-26(42-32(40)16-14-30(37)38)20-46-28-11-7-4-8-12-28/h3-16,25-26H,17-24H2,1-2H3,(H,35,36)(H,37,38)/b15-13-,16-14-. The molecule has 1 heterocycles. The Labute approximate surface area is 307 Å². The minimum absolute atomic E-state index is 0.0325. The van der Waals surface area contributed by atoms with Crippen molar-refractivity contribution in [2.24, 2.45) is 0 Å². The maximum absolute atomic E-state index is 12.3. The molecule has 14 heteroatoms. The van der Waals surface area contributed by atoms with Crippen molar-refractivity contribution in [3.63, 3.8) is 0 Å². The van der Waals surface area contributed by atoms with Gasteiger partial charge in [-0.15, -0.1) is 23.5 Å². The first-order valence-corrected chi connectivity index (χ1v) is 21.2. The van der Waals surface area contributed by atoms with Crippen molar-refractivity contribution in [2.75, 3.05) is 46.0 Å². The fourth-order valence-electron chi connectivity index (χ4n) is 4.05. The summed E-state index contributed by atoms with van der Waals surface area (Å²) >= 11 is 10.6. The Morgan fingerprint density at radius 2 is 1.04 bits per heavy atom. The molecule has 4 unspecified atom stereocenters. The van der Waals surface area contributed by atoms with Gasteiger partial charge in [-0.25, -0.2) is 19.2 Å². The first-order valence-electron chi connectivity index (χ1n) is 15.0.